The Bertz CT molecular complexity index is 1330. The molecule has 1 aliphatic carbocycles. The molecule has 4 heterocycles. The molecule has 3 aromatic rings. The zero-order chi connectivity index (χ0) is 26.8. The Morgan fingerprint density at radius 1 is 1.16 bits per heavy atom. The molecule has 0 radical (unpaired) electrons. The van der Waals surface area contributed by atoms with Gasteiger partial charge in [0.2, 0.25) is 5.92 Å². The molecule has 1 aliphatic heterocycles. The van der Waals surface area contributed by atoms with Gasteiger partial charge in [-0.1, -0.05) is 20.8 Å². The Morgan fingerprint density at radius 3 is 2.49 bits per heavy atom. The van der Waals surface area contributed by atoms with Gasteiger partial charge < -0.3 is 14.2 Å². The Kier molecular flexibility index (Phi) is 5.91. The number of pyridine rings is 1. The van der Waals surface area contributed by atoms with Crippen LogP contribution in [0.25, 0.3) is 11.1 Å². The summed E-state index contributed by atoms with van der Waals surface area (Å²) in [5.74, 6) is -3.17. The van der Waals surface area contributed by atoms with Crippen LogP contribution in [0.2, 0.25) is 0 Å². The summed E-state index contributed by atoms with van der Waals surface area (Å²) in [4.78, 5) is 34.9. The summed E-state index contributed by atoms with van der Waals surface area (Å²) in [7, 11) is 0. The number of alkyl halides is 2. The third-order valence-corrected chi connectivity index (χ3v) is 7.68. The van der Waals surface area contributed by atoms with E-state index in [2.05, 4.69) is 10.2 Å². The highest BCUT2D eigenvalue weighted by Crippen LogP contribution is 2.42. The average molecular weight is 514 g/mol. The lowest BCUT2D eigenvalue weighted by atomic mass is 9.81. The van der Waals surface area contributed by atoms with Crippen LogP contribution in [0.15, 0.2) is 28.9 Å². The second-order valence-electron chi connectivity index (χ2n) is 11.7. The molecule has 5 rings (SSSR count). The van der Waals surface area contributed by atoms with E-state index in [1.807, 2.05) is 26.8 Å². The fraction of sp³-hybridized carbons (Fsp3) is 0.556. The van der Waals surface area contributed by atoms with Crippen molar-refractivity contribution in [2.24, 2.45) is 0 Å². The van der Waals surface area contributed by atoms with E-state index in [1.165, 1.54) is 4.90 Å². The highest BCUT2D eigenvalue weighted by molar-refractivity contribution is 6.05. The van der Waals surface area contributed by atoms with Crippen molar-refractivity contribution in [2.45, 2.75) is 83.1 Å². The van der Waals surface area contributed by atoms with E-state index in [9.17, 15) is 18.4 Å². The van der Waals surface area contributed by atoms with Crippen molar-refractivity contribution >= 4 is 28.6 Å². The van der Waals surface area contributed by atoms with Crippen molar-refractivity contribution in [2.75, 3.05) is 18.0 Å². The summed E-state index contributed by atoms with van der Waals surface area (Å²) in [6, 6.07) is 3.57. The second kappa shape index (κ2) is 8.63. The molecule has 1 saturated carbocycles. The number of aromatic amines is 1. The topological polar surface area (TPSA) is 95.3 Å². The van der Waals surface area contributed by atoms with E-state index < -0.39 is 11.5 Å². The summed E-state index contributed by atoms with van der Waals surface area (Å²) < 4.78 is 33.7. The normalized spacial score (nSPS) is 20.6. The van der Waals surface area contributed by atoms with Crippen LogP contribution in [0.5, 0.6) is 0 Å². The monoisotopic (exact) mass is 513 g/mol. The molecular weight excluding hydrogens is 480 g/mol. The van der Waals surface area contributed by atoms with Gasteiger partial charge in [0, 0.05) is 55.4 Å². The molecule has 2 fully saturated rings. The number of H-pyrrole nitrogens is 1. The largest absolute Gasteiger partial charge is 0.449 e. The van der Waals surface area contributed by atoms with Crippen molar-refractivity contribution in [3.63, 3.8) is 0 Å². The highest BCUT2D eigenvalue weighted by Gasteiger charge is 2.46. The van der Waals surface area contributed by atoms with Crippen LogP contribution < -0.4 is 4.90 Å². The minimum Gasteiger partial charge on any atom is -0.449 e. The number of rotatable bonds is 3. The Morgan fingerprint density at radius 2 is 1.86 bits per heavy atom. The molecule has 37 heavy (non-hydrogen) atoms. The van der Waals surface area contributed by atoms with Gasteiger partial charge in [-0.25, -0.2) is 13.8 Å². The van der Waals surface area contributed by atoms with Gasteiger partial charge in [0.05, 0.1) is 11.9 Å². The number of aromatic nitrogens is 3. The van der Waals surface area contributed by atoms with Crippen LogP contribution in [0, 0.1) is 0 Å². The molecule has 1 N–H and O–H groups in total. The van der Waals surface area contributed by atoms with Crippen molar-refractivity contribution in [1.82, 2.24) is 20.1 Å². The number of furan rings is 1. The molecule has 0 atom stereocenters. The van der Waals surface area contributed by atoms with Crippen molar-refractivity contribution in [3.05, 3.63) is 41.5 Å². The first kappa shape index (κ1) is 25.4. The minimum atomic E-state index is -2.62. The molecule has 8 nitrogen and oxygen atoms in total. The molecule has 3 aromatic heterocycles. The van der Waals surface area contributed by atoms with Gasteiger partial charge in [-0.3, -0.25) is 14.7 Å². The lowest BCUT2D eigenvalue weighted by Crippen LogP contribution is -2.64. The number of carbonyl (C=O) groups excluding carboxylic acids is 2. The van der Waals surface area contributed by atoms with Gasteiger partial charge >= 0.3 is 0 Å². The fourth-order valence-corrected chi connectivity index (χ4v) is 5.40. The summed E-state index contributed by atoms with van der Waals surface area (Å²) in [5, 5.41) is 6.64. The SMILES string of the molecule is CC(C)(C)c1cc(C2CCC(F)(F)CC2)nc2cc(C(=O)N3CCN(c4cn[nH]c4)C(=O)C3(C)C)oc12. The van der Waals surface area contributed by atoms with Crippen LogP contribution in [0.1, 0.15) is 88.0 Å². The van der Waals surface area contributed by atoms with Gasteiger partial charge in [0.25, 0.3) is 11.8 Å². The zero-order valence-electron chi connectivity index (χ0n) is 21.9. The molecule has 198 valence electrons. The smallest absolute Gasteiger partial charge is 0.290 e. The molecule has 1 saturated heterocycles. The first-order valence-electron chi connectivity index (χ1n) is 12.7. The summed E-state index contributed by atoms with van der Waals surface area (Å²) >= 11 is 0. The number of amides is 2. The number of nitrogens with zero attached hydrogens (tertiary/aromatic N) is 4. The van der Waals surface area contributed by atoms with Crippen molar-refractivity contribution in [3.8, 4) is 0 Å². The van der Waals surface area contributed by atoms with E-state index in [0.29, 0.717) is 42.7 Å². The maximum Gasteiger partial charge on any atom is 0.290 e. The summed E-state index contributed by atoms with van der Waals surface area (Å²) in [6.45, 7) is 10.2. The molecule has 2 aliphatic rings. The van der Waals surface area contributed by atoms with Gasteiger partial charge in [-0.2, -0.15) is 5.10 Å². The molecule has 0 bridgehead atoms. The number of piperazine rings is 1. The third kappa shape index (κ3) is 4.51. The van der Waals surface area contributed by atoms with E-state index in [0.717, 1.165) is 11.3 Å². The van der Waals surface area contributed by atoms with Crippen molar-refractivity contribution < 1.29 is 22.8 Å². The Hall–Kier alpha value is -3.30. The number of anilines is 1. The van der Waals surface area contributed by atoms with E-state index in [1.54, 1.807) is 37.2 Å². The Balaban J connectivity index is 1.48. The van der Waals surface area contributed by atoms with Gasteiger partial charge in [-0.05, 0) is 38.2 Å². The average Bonchev–Trinajstić information content (AvgIpc) is 3.49. The van der Waals surface area contributed by atoms with Crippen molar-refractivity contribution in [1.29, 1.82) is 0 Å². The summed E-state index contributed by atoms with van der Waals surface area (Å²) in [6.07, 6.45) is 3.67. The van der Waals surface area contributed by atoms with Crippen LogP contribution in [-0.4, -0.2) is 56.4 Å². The third-order valence-electron chi connectivity index (χ3n) is 7.68. The van der Waals surface area contributed by atoms with E-state index >= 15 is 0 Å². The maximum atomic E-state index is 13.8. The highest BCUT2D eigenvalue weighted by atomic mass is 19.3. The van der Waals surface area contributed by atoms with Gasteiger partial charge in [0.1, 0.15) is 11.1 Å². The number of halogens is 2. The maximum absolute atomic E-state index is 13.8. The van der Waals surface area contributed by atoms with Gasteiger partial charge in [0.15, 0.2) is 11.3 Å². The molecule has 0 spiro atoms. The first-order valence-corrected chi connectivity index (χ1v) is 12.7. The van der Waals surface area contributed by atoms with E-state index in [4.69, 9.17) is 9.40 Å². The number of carbonyl (C=O) groups is 2. The van der Waals surface area contributed by atoms with Gasteiger partial charge in [-0.15, -0.1) is 0 Å². The number of hydrogen-bond acceptors (Lipinski definition) is 5. The van der Waals surface area contributed by atoms with Crippen LogP contribution in [0.3, 0.4) is 0 Å². The predicted molar refractivity (Wildman–Crippen MR) is 135 cm³/mol. The molecular formula is C27H33F2N5O3. The molecule has 2 amide bonds. The zero-order valence-corrected chi connectivity index (χ0v) is 21.9. The quantitative estimate of drug-likeness (QED) is 0.505. The van der Waals surface area contributed by atoms with Crippen LogP contribution >= 0.6 is 0 Å². The summed E-state index contributed by atoms with van der Waals surface area (Å²) in [5.41, 5.74) is 1.91. The molecule has 0 unspecified atom stereocenters. The predicted octanol–water partition coefficient (Wildman–Crippen LogP) is 5.41. The lowest BCUT2D eigenvalue weighted by Gasteiger charge is -2.45. The van der Waals surface area contributed by atoms with E-state index in [-0.39, 0.29) is 41.7 Å². The number of fused-ring (bicyclic) bond motifs is 1. The van der Waals surface area contributed by atoms with Crippen LogP contribution in [-0.2, 0) is 10.2 Å². The Labute approximate surface area is 214 Å². The number of hydrogen-bond donors (Lipinski definition) is 1. The molecule has 0 aromatic carbocycles. The first-order chi connectivity index (χ1) is 17.3. The molecule has 10 heteroatoms. The number of nitrogens with one attached hydrogen (secondary N) is 1. The fourth-order valence-electron chi connectivity index (χ4n) is 5.40. The lowest BCUT2D eigenvalue weighted by molar-refractivity contribution is -0.129. The van der Waals surface area contributed by atoms with Crippen LogP contribution in [0.4, 0.5) is 14.5 Å². The standard InChI is InChI=1S/C27H33F2N5O3/c1-25(2,3)18-12-19(16-6-8-27(28,29)9-7-16)32-20-13-21(37-22(18)20)23(35)34-11-10-33(17-14-30-31-15-17)24(36)26(34,4)5/h12-16H,6-11H2,1-5H3,(H,30,31). The minimum absolute atomic E-state index is 0.0632. The second-order valence-corrected chi connectivity index (χ2v) is 11.7.